The molecule has 0 aromatic heterocycles. The highest BCUT2D eigenvalue weighted by atomic mass is 32.2. The molecule has 0 aliphatic carbocycles. The standard InChI is InChI=1S/C20H26N2O2S/c1-15(22(2)14-17-7-11-19(25-4)12-8-17)20(23)21-13-16-5-9-18(24-3)10-6-16/h5-12,15H,13-14H2,1-4H3,(H,21,23)/t15-/m1/s1. The maximum Gasteiger partial charge on any atom is 0.237 e. The lowest BCUT2D eigenvalue weighted by Crippen LogP contribution is -2.42. The van der Waals surface area contributed by atoms with E-state index in [-0.39, 0.29) is 11.9 Å². The van der Waals surface area contributed by atoms with Crippen molar-refractivity contribution in [2.75, 3.05) is 20.4 Å². The normalized spacial score (nSPS) is 12.0. The summed E-state index contributed by atoms with van der Waals surface area (Å²) in [6, 6.07) is 16.0. The molecule has 2 aromatic rings. The molecule has 0 spiro atoms. The topological polar surface area (TPSA) is 41.6 Å². The molecule has 2 rings (SSSR count). The van der Waals surface area contributed by atoms with Crippen molar-refractivity contribution < 1.29 is 9.53 Å². The average molecular weight is 359 g/mol. The fraction of sp³-hybridized carbons (Fsp3) is 0.350. The van der Waals surface area contributed by atoms with Crippen LogP contribution < -0.4 is 10.1 Å². The zero-order chi connectivity index (χ0) is 18.2. The highest BCUT2D eigenvalue weighted by molar-refractivity contribution is 7.98. The first kappa shape index (κ1) is 19.3. The van der Waals surface area contributed by atoms with Crippen LogP contribution >= 0.6 is 11.8 Å². The third-order valence-corrected chi connectivity index (χ3v) is 5.00. The molecule has 0 saturated heterocycles. The summed E-state index contributed by atoms with van der Waals surface area (Å²) in [5.74, 6) is 0.842. The number of rotatable bonds is 8. The minimum atomic E-state index is -0.196. The van der Waals surface area contributed by atoms with Crippen LogP contribution in [0, 0.1) is 0 Å². The predicted octanol–water partition coefficient (Wildman–Crippen LogP) is 3.55. The van der Waals surface area contributed by atoms with Crippen molar-refractivity contribution in [3.05, 3.63) is 59.7 Å². The monoisotopic (exact) mass is 358 g/mol. The highest BCUT2D eigenvalue weighted by Crippen LogP contribution is 2.16. The second kappa shape index (κ2) is 9.49. The molecule has 0 bridgehead atoms. The maximum absolute atomic E-state index is 12.4. The first-order valence-corrected chi connectivity index (χ1v) is 9.49. The number of ether oxygens (including phenoxy) is 1. The van der Waals surface area contributed by atoms with Crippen molar-refractivity contribution in [3.63, 3.8) is 0 Å². The number of nitrogens with zero attached hydrogens (tertiary/aromatic N) is 1. The Labute approximate surface area is 154 Å². The van der Waals surface area contributed by atoms with Gasteiger partial charge in [-0.25, -0.2) is 0 Å². The Kier molecular flexibility index (Phi) is 7.34. The van der Waals surface area contributed by atoms with Crippen molar-refractivity contribution in [2.24, 2.45) is 0 Å². The molecule has 1 amide bonds. The molecule has 0 saturated carbocycles. The van der Waals surface area contributed by atoms with Gasteiger partial charge in [-0.2, -0.15) is 0 Å². The molecule has 1 N–H and O–H groups in total. The van der Waals surface area contributed by atoms with E-state index in [4.69, 9.17) is 4.74 Å². The van der Waals surface area contributed by atoms with Crippen molar-refractivity contribution in [1.82, 2.24) is 10.2 Å². The molecular weight excluding hydrogens is 332 g/mol. The fourth-order valence-corrected chi connectivity index (χ4v) is 2.84. The summed E-state index contributed by atoms with van der Waals surface area (Å²) in [5, 5.41) is 3.00. The number of carbonyl (C=O) groups is 1. The van der Waals surface area contributed by atoms with Crippen molar-refractivity contribution in [2.45, 2.75) is 31.0 Å². The van der Waals surface area contributed by atoms with Gasteiger partial charge in [0, 0.05) is 18.0 Å². The van der Waals surface area contributed by atoms with Gasteiger partial charge in [-0.3, -0.25) is 9.69 Å². The summed E-state index contributed by atoms with van der Waals surface area (Å²) in [7, 11) is 3.61. The Balaban J connectivity index is 1.84. The van der Waals surface area contributed by atoms with Crippen molar-refractivity contribution >= 4 is 17.7 Å². The number of methoxy groups -OCH3 is 1. The Hall–Kier alpha value is -1.98. The van der Waals surface area contributed by atoms with Crippen LogP contribution in [-0.4, -0.2) is 37.3 Å². The SMILES string of the molecule is COc1ccc(CNC(=O)[C@@H](C)N(C)Cc2ccc(SC)cc2)cc1. The van der Waals surface area contributed by atoms with Crippen LogP contribution in [0.5, 0.6) is 5.75 Å². The Morgan fingerprint density at radius 3 is 2.28 bits per heavy atom. The lowest BCUT2D eigenvalue weighted by atomic mass is 10.1. The van der Waals surface area contributed by atoms with E-state index in [1.165, 1.54) is 10.5 Å². The van der Waals surface area contributed by atoms with Crippen LogP contribution in [0.3, 0.4) is 0 Å². The highest BCUT2D eigenvalue weighted by Gasteiger charge is 2.17. The number of amides is 1. The number of thioether (sulfide) groups is 1. The number of benzene rings is 2. The molecular formula is C20H26N2O2S. The molecule has 1 atom stereocenters. The summed E-state index contributed by atoms with van der Waals surface area (Å²) in [5.41, 5.74) is 2.26. The minimum Gasteiger partial charge on any atom is -0.497 e. The molecule has 4 nitrogen and oxygen atoms in total. The van der Waals surface area contributed by atoms with Gasteiger partial charge < -0.3 is 10.1 Å². The summed E-state index contributed by atoms with van der Waals surface area (Å²) in [6.07, 6.45) is 2.07. The molecule has 5 heteroatoms. The molecule has 25 heavy (non-hydrogen) atoms. The first-order valence-electron chi connectivity index (χ1n) is 8.27. The third kappa shape index (κ3) is 5.80. The quantitative estimate of drug-likeness (QED) is 0.733. The second-order valence-corrected chi connectivity index (χ2v) is 6.88. The average Bonchev–Trinajstić information content (AvgIpc) is 2.66. The predicted molar refractivity (Wildman–Crippen MR) is 104 cm³/mol. The van der Waals surface area contributed by atoms with E-state index >= 15 is 0 Å². The van der Waals surface area contributed by atoms with Gasteiger partial charge in [0.05, 0.1) is 13.2 Å². The largest absolute Gasteiger partial charge is 0.497 e. The Morgan fingerprint density at radius 2 is 1.72 bits per heavy atom. The number of carbonyl (C=O) groups excluding carboxylic acids is 1. The van der Waals surface area contributed by atoms with Crippen molar-refractivity contribution in [1.29, 1.82) is 0 Å². The van der Waals surface area contributed by atoms with Gasteiger partial charge in [-0.15, -0.1) is 11.8 Å². The van der Waals surface area contributed by atoms with E-state index in [9.17, 15) is 4.79 Å². The summed E-state index contributed by atoms with van der Waals surface area (Å²) >= 11 is 1.73. The molecule has 0 unspecified atom stereocenters. The lowest BCUT2D eigenvalue weighted by Gasteiger charge is -2.24. The van der Waals surface area contributed by atoms with Gasteiger partial charge in [0.15, 0.2) is 0 Å². The number of likely N-dealkylation sites (N-methyl/N-ethyl adjacent to an activating group) is 1. The number of nitrogens with one attached hydrogen (secondary N) is 1. The van der Waals surface area contributed by atoms with Gasteiger partial charge in [-0.05, 0) is 55.6 Å². The zero-order valence-electron chi connectivity index (χ0n) is 15.3. The zero-order valence-corrected chi connectivity index (χ0v) is 16.1. The van der Waals surface area contributed by atoms with Gasteiger partial charge >= 0.3 is 0 Å². The second-order valence-electron chi connectivity index (χ2n) is 6.01. The molecule has 0 aliphatic heterocycles. The molecule has 134 valence electrons. The number of hydrogen-bond acceptors (Lipinski definition) is 4. The van der Waals surface area contributed by atoms with E-state index in [1.54, 1.807) is 18.9 Å². The third-order valence-electron chi connectivity index (χ3n) is 4.26. The Bertz CT molecular complexity index is 671. The molecule has 0 fully saturated rings. The van der Waals surface area contributed by atoms with Crippen LogP contribution in [-0.2, 0) is 17.9 Å². The van der Waals surface area contributed by atoms with E-state index < -0.39 is 0 Å². The van der Waals surface area contributed by atoms with E-state index in [2.05, 4.69) is 40.7 Å². The fourth-order valence-electron chi connectivity index (χ4n) is 2.44. The lowest BCUT2D eigenvalue weighted by molar-refractivity contribution is -0.125. The van der Waals surface area contributed by atoms with Crippen LogP contribution in [0.4, 0.5) is 0 Å². The summed E-state index contributed by atoms with van der Waals surface area (Å²) in [4.78, 5) is 15.7. The Morgan fingerprint density at radius 1 is 1.12 bits per heavy atom. The van der Waals surface area contributed by atoms with Crippen LogP contribution in [0.1, 0.15) is 18.1 Å². The van der Waals surface area contributed by atoms with E-state index in [1.807, 2.05) is 38.2 Å². The smallest absolute Gasteiger partial charge is 0.237 e. The summed E-state index contributed by atoms with van der Waals surface area (Å²) in [6.45, 7) is 3.19. The van der Waals surface area contributed by atoms with Gasteiger partial charge in [0.2, 0.25) is 5.91 Å². The summed E-state index contributed by atoms with van der Waals surface area (Å²) < 4.78 is 5.14. The minimum absolute atomic E-state index is 0.0269. The van der Waals surface area contributed by atoms with Crippen LogP contribution in [0.2, 0.25) is 0 Å². The van der Waals surface area contributed by atoms with E-state index in [0.29, 0.717) is 6.54 Å². The number of hydrogen-bond donors (Lipinski definition) is 1. The van der Waals surface area contributed by atoms with Crippen LogP contribution in [0.15, 0.2) is 53.4 Å². The molecule has 2 aromatic carbocycles. The van der Waals surface area contributed by atoms with E-state index in [0.717, 1.165) is 17.9 Å². The van der Waals surface area contributed by atoms with Crippen LogP contribution in [0.25, 0.3) is 0 Å². The maximum atomic E-state index is 12.4. The van der Waals surface area contributed by atoms with Gasteiger partial charge in [0.1, 0.15) is 5.75 Å². The molecule has 0 heterocycles. The van der Waals surface area contributed by atoms with Gasteiger partial charge in [0.25, 0.3) is 0 Å². The molecule has 0 aliphatic rings. The van der Waals surface area contributed by atoms with Crippen molar-refractivity contribution in [3.8, 4) is 5.75 Å². The van der Waals surface area contributed by atoms with Gasteiger partial charge in [-0.1, -0.05) is 24.3 Å². The molecule has 0 radical (unpaired) electrons. The first-order chi connectivity index (χ1) is 12.0.